The average molecular weight is 352 g/mol. The number of rotatable bonds is 5. The zero-order chi connectivity index (χ0) is 18.3. The van der Waals surface area contributed by atoms with Crippen LogP contribution >= 0.6 is 0 Å². The third-order valence-corrected chi connectivity index (χ3v) is 5.55. The Morgan fingerprint density at radius 1 is 1.15 bits per heavy atom. The normalized spacial score (nSPS) is 15.5. The Morgan fingerprint density at radius 2 is 1.88 bits per heavy atom. The monoisotopic (exact) mass is 352 g/mol. The molecule has 0 bridgehead atoms. The van der Waals surface area contributed by atoms with E-state index >= 15 is 0 Å². The number of carbonyl (C=O) groups excluding carboxylic acids is 1. The minimum absolute atomic E-state index is 0.0160. The van der Waals surface area contributed by atoms with Crippen LogP contribution in [0.2, 0.25) is 0 Å². The fourth-order valence-corrected chi connectivity index (χ4v) is 4.30. The number of hydrogen-bond acceptors (Lipinski definition) is 2. The Bertz CT molecular complexity index is 944. The van der Waals surface area contributed by atoms with Crippen molar-refractivity contribution < 1.29 is 4.79 Å². The van der Waals surface area contributed by atoms with Crippen LogP contribution in [0.25, 0.3) is 21.9 Å². The Morgan fingerprint density at radius 3 is 2.62 bits per heavy atom. The second-order valence-electron chi connectivity index (χ2n) is 7.61. The Labute approximate surface area is 154 Å². The number of carbonyl (C=O) groups is 1. The van der Waals surface area contributed by atoms with Gasteiger partial charge in [0.25, 0.3) is 5.91 Å². The van der Waals surface area contributed by atoms with Crippen molar-refractivity contribution in [3.8, 4) is 0 Å². The largest absolute Gasteiger partial charge is 0.349 e. The molecule has 1 saturated heterocycles. The van der Waals surface area contributed by atoms with Gasteiger partial charge >= 0.3 is 0 Å². The van der Waals surface area contributed by atoms with Crippen molar-refractivity contribution in [2.45, 2.75) is 32.7 Å². The molecule has 26 heavy (non-hydrogen) atoms. The molecule has 1 aromatic carbocycles. The Kier molecular flexibility index (Phi) is 4.49. The van der Waals surface area contributed by atoms with Crippen LogP contribution in [0.3, 0.4) is 0 Å². The predicted molar refractivity (Wildman–Crippen MR) is 107 cm³/mol. The summed E-state index contributed by atoms with van der Waals surface area (Å²) in [5.41, 5.74) is 4.23. The lowest BCUT2D eigenvalue weighted by Gasteiger charge is -2.15. The summed E-state index contributed by atoms with van der Waals surface area (Å²) in [4.78, 5) is 15.2. The highest BCUT2D eigenvalue weighted by atomic mass is 16.1. The molecule has 3 aromatic rings. The van der Waals surface area contributed by atoms with E-state index in [0.29, 0.717) is 12.6 Å². The van der Waals surface area contributed by atoms with Crippen molar-refractivity contribution >= 4 is 27.8 Å². The number of fused-ring (bicyclic) bond motifs is 3. The zero-order valence-electron chi connectivity index (χ0n) is 16.0. The number of nitrogens with one attached hydrogen (secondary N) is 1. The van der Waals surface area contributed by atoms with Crippen LogP contribution in [0.15, 0.2) is 30.3 Å². The van der Waals surface area contributed by atoms with E-state index in [0.717, 1.165) is 36.4 Å². The van der Waals surface area contributed by atoms with Gasteiger partial charge in [-0.15, -0.1) is 0 Å². The molecular formula is C21H28N4O. The summed E-state index contributed by atoms with van der Waals surface area (Å²) in [5.74, 6) is 0.0160. The molecule has 1 amide bonds. The Hall–Kier alpha value is -2.27. The highest BCUT2D eigenvalue weighted by Gasteiger charge is 2.21. The van der Waals surface area contributed by atoms with E-state index in [9.17, 15) is 4.79 Å². The topological polar surface area (TPSA) is 42.2 Å². The quantitative estimate of drug-likeness (QED) is 0.763. The van der Waals surface area contributed by atoms with E-state index in [1.54, 1.807) is 0 Å². The van der Waals surface area contributed by atoms with Gasteiger partial charge in [-0.2, -0.15) is 0 Å². The first kappa shape index (κ1) is 17.2. The lowest BCUT2D eigenvalue weighted by Crippen LogP contribution is -2.34. The molecule has 4 rings (SSSR count). The molecule has 0 saturated carbocycles. The van der Waals surface area contributed by atoms with E-state index in [1.807, 2.05) is 17.7 Å². The fourth-order valence-electron chi connectivity index (χ4n) is 4.30. The first-order valence-electron chi connectivity index (χ1n) is 9.67. The number of likely N-dealkylation sites (tertiary alicyclic amines) is 1. The van der Waals surface area contributed by atoms with Gasteiger partial charge in [0.15, 0.2) is 0 Å². The van der Waals surface area contributed by atoms with Crippen molar-refractivity contribution in [1.82, 2.24) is 19.4 Å². The van der Waals surface area contributed by atoms with E-state index in [1.165, 1.54) is 23.7 Å². The number of amides is 1. The zero-order valence-corrected chi connectivity index (χ0v) is 16.0. The van der Waals surface area contributed by atoms with Crippen LogP contribution in [-0.2, 0) is 7.05 Å². The molecule has 0 radical (unpaired) electrons. The van der Waals surface area contributed by atoms with Crippen LogP contribution in [0.4, 0.5) is 0 Å². The van der Waals surface area contributed by atoms with Crippen molar-refractivity contribution in [2.75, 3.05) is 26.2 Å². The number of benzene rings is 1. The number of nitrogens with zero attached hydrogens (tertiary/aromatic N) is 3. The number of aromatic nitrogens is 2. The molecule has 1 fully saturated rings. The van der Waals surface area contributed by atoms with E-state index in [2.05, 4.69) is 52.9 Å². The molecule has 1 N–H and O–H groups in total. The number of aryl methyl sites for hydroxylation is 1. The van der Waals surface area contributed by atoms with Gasteiger partial charge in [0.05, 0.1) is 16.6 Å². The van der Waals surface area contributed by atoms with E-state index in [4.69, 9.17) is 0 Å². The standard InChI is InChI=1S/C21H28N4O/c1-15(2)25-17-9-5-4-8-16(17)20-18(25)14-19(23(20)3)21(26)22-10-13-24-11-6-7-12-24/h4-5,8-9,14-15H,6-7,10-13H2,1-3H3,(H,22,26). The summed E-state index contributed by atoms with van der Waals surface area (Å²) in [6.07, 6.45) is 2.56. The maximum Gasteiger partial charge on any atom is 0.268 e. The second-order valence-corrected chi connectivity index (χ2v) is 7.61. The van der Waals surface area contributed by atoms with Crippen molar-refractivity contribution in [1.29, 1.82) is 0 Å². The second kappa shape index (κ2) is 6.80. The number of para-hydroxylation sites is 1. The third-order valence-electron chi connectivity index (χ3n) is 5.55. The molecule has 5 heteroatoms. The number of hydrogen-bond donors (Lipinski definition) is 1. The molecule has 0 unspecified atom stereocenters. The van der Waals surface area contributed by atoms with Gasteiger partial charge in [-0.25, -0.2) is 0 Å². The summed E-state index contributed by atoms with van der Waals surface area (Å²) in [5, 5.41) is 4.31. The highest BCUT2D eigenvalue weighted by molar-refractivity contribution is 6.10. The minimum Gasteiger partial charge on any atom is -0.349 e. The third kappa shape index (κ3) is 2.80. The fraction of sp³-hybridized carbons (Fsp3) is 0.476. The van der Waals surface area contributed by atoms with Gasteiger partial charge in [-0.3, -0.25) is 4.79 Å². The summed E-state index contributed by atoms with van der Waals surface area (Å²) in [7, 11) is 1.99. The first-order chi connectivity index (χ1) is 12.6. The average Bonchev–Trinajstić information content (AvgIpc) is 3.30. The molecule has 3 heterocycles. The smallest absolute Gasteiger partial charge is 0.268 e. The van der Waals surface area contributed by atoms with Crippen molar-refractivity contribution in [3.05, 3.63) is 36.0 Å². The van der Waals surface area contributed by atoms with E-state index < -0.39 is 0 Å². The molecule has 138 valence electrons. The minimum atomic E-state index is 0.0160. The van der Waals surface area contributed by atoms with Crippen LogP contribution in [-0.4, -0.2) is 46.1 Å². The first-order valence-corrected chi connectivity index (χ1v) is 9.67. The molecule has 5 nitrogen and oxygen atoms in total. The maximum atomic E-state index is 12.8. The molecule has 0 atom stereocenters. The van der Waals surface area contributed by atoms with Gasteiger partial charge in [0.2, 0.25) is 0 Å². The maximum absolute atomic E-state index is 12.8. The summed E-state index contributed by atoms with van der Waals surface area (Å²) in [6.45, 7) is 8.35. The summed E-state index contributed by atoms with van der Waals surface area (Å²) in [6, 6.07) is 10.8. The molecule has 0 spiro atoms. The van der Waals surface area contributed by atoms with Crippen LogP contribution in [0.1, 0.15) is 43.2 Å². The van der Waals surface area contributed by atoms with Crippen LogP contribution < -0.4 is 5.32 Å². The molecular weight excluding hydrogens is 324 g/mol. The van der Waals surface area contributed by atoms with Gasteiger partial charge in [0, 0.05) is 31.6 Å². The molecule has 1 aliphatic heterocycles. The summed E-state index contributed by atoms with van der Waals surface area (Å²) >= 11 is 0. The van der Waals surface area contributed by atoms with Gasteiger partial charge < -0.3 is 19.4 Å². The molecule has 0 aliphatic carbocycles. The van der Waals surface area contributed by atoms with Crippen LogP contribution in [0.5, 0.6) is 0 Å². The molecule has 2 aromatic heterocycles. The molecule has 1 aliphatic rings. The van der Waals surface area contributed by atoms with Crippen molar-refractivity contribution in [2.24, 2.45) is 7.05 Å². The lowest BCUT2D eigenvalue weighted by molar-refractivity contribution is 0.0942. The van der Waals surface area contributed by atoms with Crippen molar-refractivity contribution in [3.63, 3.8) is 0 Å². The van der Waals surface area contributed by atoms with Gasteiger partial charge in [-0.05, 0) is 51.9 Å². The van der Waals surface area contributed by atoms with E-state index in [-0.39, 0.29) is 5.91 Å². The SMILES string of the molecule is CC(C)n1c2ccccc2c2c1cc(C(=O)NCCN1CCCC1)n2C. The summed E-state index contributed by atoms with van der Waals surface area (Å²) < 4.78 is 4.37. The van der Waals surface area contributed by atoms with Crippen LogP contribution in [0, 0.1) is 0 Å². The lowest BCUT2D eigenvalue weighted by atomic mass is 10.2. The highest BCUT2D eigenvalue weighted by Crippen LogP contribution is 2.33. The Balaban J connectivity index is 1.64. The predicted octanol–water partition coefficient (Wildman–Crippen LogP) is 3.54. The van der Waals surface area contributed by atoms with Gasteiger partial charge in [0.1, 0.15) is 5.69 Å². The van der Waals surface area contributed by atoms with Gasteiger partial charge in [-0.1, -0.05) is 18.2 Å².